The number of aryl methyl sites for hydroxylation is 1. The van der Waals surface area contributed by atoms with E-state index in [1.807, 2.05) is 91.0 Å². The summed E-state index contributed by atoms with van der Waals surface area (Å²) in [7, 11) is -3.03. The summed E-state index contributed by atoms with van der Waals surface area (Å²) in [5.74, 6) is 1.70. The summed E-state index contributed by atoms with van der Waals surface area (Å²) in [5, 5.41) is 4.84. The van der Waals surface area contributed by atoms with Crippen LogP contribution in [-0.2, 0) is 11.1 Å². The molecule has 0 saturated heterocycles. The molecule has 0 atom stereocenters. The van der Waals surface area contributed by atoms with Crippen LogP contribution in [0.1, 0.15) is 6.42 Å². The molecule has 0 aliphatic heterocycles. The van der Waals surface area contributed by atoms with Gasteiger partial charge in [-0.2, -0.15) is 0 Å². The Morgan fingerprint density at radius 3 is 1.83 bits per heavy atom. The number of rotatable bonds is 10. The Hall–Kier alpha value is -6.16. The third kappa shape index (κ3) is 5.60. The Bertz CT molecular complexity index is 2660. The quantitative estimate of drug-likeness (QED) is 0.106. The highest BCUT2D eigenvalue weighted by atomic mass is 31.2. The van der Waals surface area contributed by atoms with Crippen LogP contribution in [0.15, 0.2) is 182 Å². The maximum absolute atomic E-state index is 14.7. The number of aromatic nitrogens is 3. The average Bonchev–Trinajstić information content (AvgIpc) is 3.76. The zero-order valence-electron chi connectivity index (χ0n) is 28.5. The SMILES string of the molecule is O=P(c1ccccc1)(c1ccccc1)c1ccc(OCCCn2c(-c3ccc4c(c3)c3ccccc3n4-c3ccccc3)nc3ccccc32)cc1. The van der Waals surface area contributed by atoms with Gasteiger partial charge >= 0.3 is 0 Å². The lowest BCUT2D eigenvalue weighted by Gasteiger charge is -2.20. The van der Waals surface area contributed by atoms with E-state index in [1.54, 1.807) is 0 Å². The number of benzene rings is 7. The first-order valence-corrected chi connectivity index (χ1v) is 19.4. The zero-order valence-corrected chi connectivity index (χ0v) is 29.4. The first kappa shape index (κ1) is 31.8. The first-order chi connectivity index (χ1) is 25.7. The number of hydrogen-bond acceptors (Lipinski definition) is 3. The van der Waals surface area contributed by atoms with E-state index in [4.69, 9.17) is 9.72 Å². The number of fused-ring (bicyclic) bond motifs is 4. The summed E-state index contributed by atoms with van der Waals surface area (Å²) in [4.78, 5) is 5.14. The Morgan fingerprint density at radius 2 is 1.12 bits per heavy atom. The van der Waals surface area contributed by atoms with Gasteiger partial charge in [-0.1, -0.05) is 109 Å². The van der Waals surface area contributed by atoms with Gasteiger partial charge in [-0.3, -0.25) is 0 Å². The van der Waals surface area contributed by atoms with Gasteiger partial charge in [0.1, 0.15) is 11.6 Å². The number of imidazole rings is 1. The Labute approximate surface area is 302 Å². The van der Waals surface area contributed by atoms with Crippen molar-refractivity contribution >= 4 is 55.9 Å². The van der Waals surface area contributed by atoms with Crippen molar-refractivity contribution in [1.29, 1.82) is 0 Å². The normalized spacial score (nSPS) is 11.8. The minimum atomic E-state index is -3.03. The lowest BCUT2D eigenvalue weighted by atomic mass is 10.1. The molecule has 2 aromatic heterocycles. The minimum absolute atomic E-state index is 0.532. The summed E-state index contributed by atoms with van der Waals surface area (Å²) in [6.07, 6.45) is 0.789. The molecule has 52 heavy (non-hydrogen) atoms. The van der Waals surface area contributed by atoms with Crippen molar-refractivity contribution in [2.45, 2.75) is 13.0 Å². The Balaban J connectivity index is 0.981. The van der Waals surface area contributed by atoms with Gasteiger partial charge in [0.2, 0.25) is 0 Å². The summed E-state index contributed by atoms with van der Waals surface area (Å²) in [6, 6.07) is 61.4. The van der Waals surface area contributed by atoms with Gasteiger partial charge in [0.05, 0.1) is 28.7 Å². The molecule has 7 aromatic carbocycles. The molecule has 9 rings (SSSR count). The van der Waals surface area contributed by atoms with Gasteiger partial charge in [-0.15, -0.1) is 0 Å². The zero-order chi connectivity index (χ0) is 34.9. The van der Waals surface area contributed by atoms with Crippen LogP contribution in [-0.4, -0.2) is 20.7 Å². The predicted octanol–water partition coefficient (Wildman–Crippen LogP) is 9.91. The van der Waals surface area contributed by atoms with Crippen molar-refractivity contribution in [2.75, 3.05) is 6.61 Å². The van der Waals surface area contributed by atoms with Crippen LogP contribution >= 0.6 is 7.14 Å². The molecule has 5 nitrogen and oxygen atoms in total. The van der Waals surface area contributed by atoms with Gasteiger partial charge in [0, 0.05) is 44.5 Å². The summed E-state index contributed by atoms with van der Waals surface area (Å²) >= 11 is 0. The van der Waals surface area contributed by atoms with Crippen molar-refractivity contribution in [3.63, 3.8) is 0 Å². The molecular weight excluding hydrogens is 657 g/mol. The van der Waals surface area contributed by atoms with Crippen LogP contribution in [0.2, 0.25) is 0 Å². The molecule has 9 aromatic rings. The fourth-order valence-corrected chi connectivity index (χ4v) is 10.0. The summed E-state index contributed by atoms with van der Waals surface area (Å²) < 4.78 is 25.6. The van der Waals surface area contributed by atoms with E-state index in [-0.39, 0.29) is 0 Å². The van der Waals surface area contributed by atoms with E-state index in [0.717, 1.165) is 62.7 Å². The number of ether oxygens (including phenoxy) is 1. The van der Waals surface area contributed by atoms with E-state index < -0.39 is 7.14 Å². The molecule has 0 radical (unpaired) electrons. The van der Waals surface area contributed by atoms with Crippen LogP contribution in [0, 0.1) is 0 Å². The molecule has 0 bridgehead atoms. The summed E-state index contributed by atoms with van der Waals surface area (Å²) in [6.45, 7) is 1.28. The molecule has 0 aliphatic carbocycles. The third-order valence-electron chi connectivity index (χ3n) is 9.83. The van der Waals surface area contributed by atoms with E-state index in [9.17, 15) is 4.57 Å². The monoisotopic (exact) mass is 693 g/mol. The van der Waals surface area contributed by atoms with Crippen molar-refractivity contribution < 1.29 is 9.30 Å². The van der Waals surface area contributed by atoms with Crippen LogP contribution in [0.3, 0.4) is 0 Å². The lowest BCUT2D eigenvalue weighted by Crippen LogP contribution is -2.24. The molecule has 0 aliphatic rings. The smallest absolute Gasteiger partial charge is 0.171 e. The molecule has 6 heteroatoms. The second-order valence-electron chi connectivity index (χ2n) is 13.0. The van der Waals surface area contributed by atoms with Gasteiger partial charge in [-0.05, 0) is 79.2 Å². The molecule has 0 amide bonds. The lowest BCUT2D eigenvalue weighted by molar-refractivity contribution is 0.303. The molecule has 0 N–H and O–H groups in total. The van der Waals surface area contributed by atoms with E-state index >= 15 is 0 Å². The van der Waals surface area contributed by atoms with E-state index in [2.05, 4.69) is 100 Å². The van der Waals surface area contributed by atoms with Crippen molar-refractivity contribution in [3.05, 3.63) is 182 Å². The molecule has 252 valence electrons. The van der Waals surface area contributed by atoms with Crippen molar-refractivity contribution in [3.8, 4) is 22.8 Å². The first-order valence-electron chi connectivity index (χ1n) is 17.7. The summed E-state index contributed by atoms with van der Waals surface area (Å²) in [5.41, 5.74) is 6.65. The predicted molar refractivity (Wildman–Crippen MR) is 215 cm³/mol. The molecule has 0 saturated carbocycles. The Morgan fingerprint density at radius 1 is 0.538 bits per heavy atom. The van der Waals surface area contributed by atoms with Crippen molar-refractivity contribution in [1.82, 2.24) is 14.1 Å². The molecule has 0 spiro atoms. The minimum Gasteiger partial charge on any atom is -0.494 e. The highest BCUT2D eigenvalue weighted by Gasteiger charge is 2.29. The number of para-hydroxylation sites is 4. The molecular formula is C46H36N3O2P. The molecule has 2 heterocycles. The second-order valence-corrected chi connectivity index (χ2v) is 15.7. The van der Waals surface area contributed by atoms with Gasteiger partial charge < -0.3 is 18.4 Å². The Kier molecular flexibility index (Phi) is 8.27. The fourth-order valence-electron chi connectivity index (χ4n) is 7.38. The highest BCUT2D eigenvalue weighted by Crippen LogP contribution is 2.42. The molecule has 0 unspecified atom stereocenters. The fraction of sp³-hybridized carbons (Fsp3) is 0.0652. The van der Waals surface area contributed by atoms with Crippen LogP contribution in [0.5, 0.6) is 5.75 Å². The number of nitrogens with zero attached hydrogens (tertiary/aromatic N) is 3. The van der Waals surface area contributed by atoms with Gasteiger partial charge in [0.25, 0.3) is 0 Å². The standard InChI is InChI=1S/C46H36N3O2P/c50-52(37-17-6-2-7-18-37,38-19-8-3-9-20-38)39-28-26-36(27-29-39)51-32-14-31-48-45-24-13-11-22-42(45)47-46(48)34-25-30-44-41(33-34)40-21-10-12-23-43(40)49(44)35-15-4-1-5-16-35/h1-13,15-30,33H,14,31-32H2. The average molecular weight is 694 g/mol. The third-order valence-corrected chi connectivity index (χ3v) is 12.9. The maximum atomic E-state index is 14.7. The number of hydrogen-bond donors (Lipinski definition) is 0. The largest absolute Gasteiger partial charge is 0.494 e. The van der Waals surface area contributed by atoms with Gasteiger partial charge in [-0.25, -0.2) is 4.98 Å². The maximum Gasteiger partial charge on any atom is 0.171 e. The van der Waals surface area contributed by atoms with Crippen LogP contribution in [0.25, 0.3) is 49.9 Å². The molecule has 0 fully saturated rings. The van der Waals surface area contributed by atoms with E-state index in [1.165, 1.54) is 21.8 Å². The van der Waals surface area contributed by atoms with E-state index in [0.29, 0.717) is 6.61 Å². The second kappa shape index (κ2) is 13.5. The van der Waals surface area contributed by atoms with Gasteiger partial charge in [0.15, 0.2) is 7.14 Å². The highest BCUT2D eigenvalue weighted by molar-refractivity contribution is 7.85. The topological polar surface area (TPSA) is 49.0 Å². The van der Waals surface area contributed by atoms with Crippen molar-refractivity contribution in [2.24, 2.45) is 0 Å². The van der Waals surface area contributed by atoms with Crippen LogP contribution < -0.4 is 20.7 Å². The van der Waals surface area contributed by atoms with Crippen LogP contribution in [0.4, 0.5) is 0 Å².